The van der Waals surface area contributed by atoms with E-state index in [9.17, 15) is 45.6 Å². The van der Waals surface area contributed by atoms with Gasteiger partial charge >= 0.3 is 0 Å². The average Bonchev–Trinajstić information content (AvgIpc) is 3.26. The van der Waals surface area contributed by atoms with E-state index in [0.717, 1.165) is 57.8 Å². The minimum absolute atomic E-state index is 0.214. The minimum Gasteiger partial charge on any atom is -0.394 e. The Balaban J connectivity index is 1.81. The largest absolute Gasteiger partial charge is 0.394 e. The molecule has 0 saturated carbocycles. The molecule has 0 bridgehead atoms. The predicted octanol–water partition coefficient (Wildman–Crippen LogP) is 5.60. The van der Waals surface area contributed by atoms with Gasteiger partial charge in [-0.3, -0.25) is 4.79 Å². The monoisotopic (exact) mass is 876 g/mol. The maximum atomic E-state index is 13.1. The lowest BCUT2D eigenvalue weighted by Crippen LogP contribution is -2.65. The van der Waals surface area contributed by atoms with Crippen molar-refractivity contribution in [3.05, 3.63) is 12.2 Å². The molecule has 1 amide bonds. The molecule has 0 aromatic rings. The SMILES string of the molecule is CCCCCCCCC/C=C\CCCCCCCCCC(=O)NC(COC1OC(CO)C(OC2OC(CO)C(O)C(O)C2O)C(O)C1O)C(O)CCCCCCCCCCC. The summed E-state index contributed by atoms with van der Waals surface area (Å²) in [6, 6.07) is -0.824. The third-order valence-electron chi connectivity index (χ3n) is 12.2. The zero-order chi connectivity index (χ0) is 44.7. The number of rotatable bonds is 37. The van der Waals surface area contributed by atoms with Crippen molar-refractivity contribution in [2.75, 3.05) is 19.8 Å². The summed E-state index contributed by atoms with van der Waals surface area (Å²) < 4.78 is 22.7. The van der Waals surface area contributed by atoms with Crippen molar-refractivity contribution in [2.45, 2.75) is 261 Å². The van der Waals surface area contributed by atoms with Crippen LogP contribution in [0.5, 0.6) is 0 Å². The fourth-order valence-corrected chi connectivity index (χ4v) is 8.17. The quantitative estimate of drug-likeness (QED) is 0.0274. The topological polar surface area (TPSA) is 228 Å². The first kappa shape index (κ1) is 55.9. The summed E-state index contributed by atoms with van der Waals surface area (Å²) in [5.41, 5.74) is 0. The highest BCUT2D eigenvalue weighted by atomic mass is 16.7. The lowest BCUT2D eigenvalue weighted by Gasteiger charge is -2.46. The van der Waals surface area contributed by atoms with Gasteiger partial charge in [-0.15, -0.1) is 0 Å². The van der Waals surface area contributed by atoms with E-state index >= 15 is 0 Å². The molecule has 360 valence electrons. The van der Waals surface area contributed by atoms with Crippen molar-refractivity contribution in [3.8, 4) is 0 Å². The first-order valence-corrected chi connectivity index (χ1v) is 24.4. The van der Waals surface area contributed by atoms with Crippen LogP contribution in [-0.2, 0) is 23.7 Å². The van der Waals surface area contributed by atoms with Crippen molar-refractivity contribution < 1.29 is 64.6 Å². The van der Waals surface area contributed by atoms with Crippen molar-refractivity contribution >= 4 is 5.91 Å². The molecule has 2 saturated heterocycles. The molecule has 61 heavy (non-hydrogen) atoms. The van der Waals surface area contributed by atoms with Crippen LogP contribution < -0.4 is 5.32 Å². The highest BCUT2D eigenvalue weighted by Gasteiger charge is 2.51. The molecule has 2 rings (SSSR count). The Hall–Kier alpha value is -1.27. The Morgan fingerprint density at radius 3 is 1.56 bits per heavy atom. The van der Waals surface area contributed by atoms with Gasteiger partial charge in [-0.25, -0.2) is 0 Å². The lowest BCUT2D eigenvalue weighted by molar-refractivity contribution is -0.359. The fraction of sp³-hybridized carbons (Fsp3) is 0.936. The highest BCUT2D eigenvalue weighted by molar-refractivity contribution is 5.76. The van der Waals surface area contributed by atoms with E-state index in [4.69, 9.17) is 18.9 Å². The van der Waals surface area contributed by atoms with Gasteiger partial charge in [0.05, 0.1) is 32.0 Å². The van der Waals surface area contributed by atoms with Gasteiger partial charge in [0.1, 0.15) is 48.8 Å². The van der Waals surface area contributed by atoms with Gasteiger partial charge in [0.25, 0.3) is 0 Å². The molecule has 0 aromatic carbocycles. The molecule has 14 nitrogen and oxygen atoms in total. The first-order chi connectivity index (χ1) is 29.6. The second kappa shape index (κ2) is 35.0. The molecule has 0 aliphatic carbocycles. The number of unbranched alkanes of at least 4 members (excludes halogenated alkanes) is 22. The molecule has 0 radical (unpaired) electrons. The number of nitrogens with one attached hydrogen (secondary N) is 1. The molecule has 2 fully saturated rings. The van der Waals surface area contributed by atoms with Crippen LogP contribution in [0.25, 0.3) is 0 Å². The number of ether oxygens (including phenoxy) is 4. The number of hydrogen-bond acceptors (Lipinski definition) is 13. The molecule has 14 heteroatoms. The number of amides is 1. The van der Waals surface area contributed by atoms with Crippen LogP contribution >= 0.6 is 0 Å². The molecule has 12 atom stereocenters. The van der Waals surface area contributed by atoms with Crippen LogP contribution in [0.2, 0.25) is 0 Å². The van der Waals surface area contributed by atoms with Crippen molar-refractivity contribution in [1.82, 2.24) is 5.32 Å². The molecule has 0 aromatic heterocycles. The summed E-state index contributed by atoms with van der Waals surface area (Å²) in [6.45, 7) is 2.81. The molecular formula is C47H89NO13. The number of carbonyl (C=O) groups is 1. The molecule has 2 heterocycles. The second-order valence-corrected chi connectivity index (χ2v) is 17.6. The molecule has 9 N–H and O–H groups in total. The van der Waals surface area contributed by atoms with E-state index < -0.39 is 86.8 Å². The zero-order valence-corrected chi connectivity index (χ0v) is 37.9. The first-order valence-electron chi connectivity index (χ1n) is 24.4. The normalized spacial score (nSPS) is 28.0. The lowest BCUT2D eigenvalue weighted by atomic mass is 9.97. The van der Waals surface area contributed by atoms with Crippen LogP contribution in [0, 0.1) is 0 Å². The molecule has 12 unspecified atom stereocenters. The number of carbonyl (C=O) groups excluding carboxylic acids is 1. The highest BCUT2D eigenvalue weighted by Crippen LogP contribution is 2.30. The summed E-state index contributed by atoms with van der Waals surface area (Å²) in [5, 5.41) is 86.6. The van der Waals surface area contributed by atoms with Gasteiger partial charge in [0.15, 0.2) is 12.6 Å². The Morgan fingerprint density at radius 2 is 1.03 bits per heavy atom. The smallest absolute Gasteiger partial charge is 0.220 e. The summed E-state index contributed by atoms with van der Waals surface area (Å²) in [4.78, 5) is 13.1. The van der Waals surface area contributed by atoms with Gasteiger partial charge < -0.3 is 65.1 Å². The average molecular weight is 876 g/mol. The van der Waals surface area contributed by atoms with Gasteiger partial charge in [0.2, 0.25) is 5.91 Å². The summed E-state index contributed by atoms with van der Waals surface area (Å²) in [6.07, 6.45) is 18.0. The Labute approximate surface area is 367 Å². The molecule has 2 aliphatic rings. The Morgan fingerprint density at radius 1 is 0.574 bits per heavy atom. The standard InChI is InChI=1S/C47H89NO13/c1-3-5-7-9-11-13-14-15-16-17-18-19-20-21-23-25-27-29-31-39(52)48-35(36(51)30-28-26-24-22-12-10-8-6-4-2)34-58-46-44(57)42(55)45(38(33-50)60-46)61-47-43(56)41(54)40(53)37(32-49)59-47/h16-17,35-38,40-47,49-51,53-57H,3-15,18-34H2,1-2H3,(H,48,52)/b17-16-. The van der Waals surface area contributed by atoms with E-state index in [-0.39, 0.29) is 12.5 Å². The molecule has 0 spiro atoms. The van der Waals surface area contributed by atoms with E-state index in [1.165, 1.54) is 103 Å². The van der Waals surface area contributed by atoms with E-state index in [0.29, 0.717) is 12.8 Å². The number of aliphatic hydroxyl groups excluding tert-OH is 8. The van der Waals surface area contributed by atoms with Crippen molar-refractivity contribution in [2.24, 2.45) is 0 Å². The number of aliphatic hydroxyl groups is 8. The molecular weight excluding hydrogens is 787 g/mol. The van der Waals surface area contributed by atoms with Crippen LogP contribution in [0.15, 0.2) is 12.2 Å². The van der Waals surface area contributed by atoms with Crippen LogP contribution in [-0.4, -0.2) is 140 Å². The van der Waals surface area contributed by atoms with E-state index in [2.05, 4.69) is 31.3 Å². The van der Waals surface area contributed by atoms with Gasteiger partial charge in [-0.1, -0.05) is 154 Å². The maximum absolute atomic E-state index is 13.1. The third-order valence-corrected chi connectivity index (χ3v) is 12.2. The Kier molecular flexibility index (Phi) is 32.1. The summed E-state index contributed by atoms with van der Waals surface area (Å²) in [7, 11) is 0. The summed E-state index contributed by atoms with van der Waals surface area (Å²) in [5.74, 6) is -0.214. The zero-order valence-electron chi connectivity index (χ0n) is 37.9. The maximum Gasteiger partial charge on any atom is 0.220 e. The van der Waals surface area contributed by atoms with Crippen molar-refractivity contribution in [3.63, 3.8) is 0 Å². The Bertz CT molecular complexity index is 1080. The van der Waals surface area contributed by atoms with Gasteiger partial charge in [0, 0.05) is 6.42 Å². The van der Waals surface area contributed by atoms with Gasteiger partial charge in [-0.05, 0) is 38.5 Å². The minimum atomic E-state index is -1.78. The van der Waals surface area contributed by atoms with Crippen LogP contribution in [0.4, 0.5) is 0 Å². The molecule has 2 aliphatic heterocycles. The van der Waals surface area contributed by atoms with E-state index in [1.807, 2.05) is 0 Å². The fourth-order valence-electron chi connectivity index (χ4n) is 8.17. The summed E-state index contributed by atoms with van der Waals surface area (Å²) >= 11 is 0. The third kappa shape index (κ3) is 23.0. The number of allylic oxidation sites excluding steroid dienone is 2. The predicted molar refractivity (Wildman–Crippen MR) is 235 cm³/mol. The van der Waals surface area contributed by atoms with Gasteiger partial charge in [-0.2, -0.15) is 0 Å². The van der Waals surface area contributed by atoms with Crippen LogP contribution in [0.1, 0.15) is 187 Å². The van der Waals surface area contributed by atoms with Crippen molar-refractivity contribution in [1.29, 1.82) is 0 Å². The van der Waals surface area contributed by atoms with E-state index in [1.54, 1.807) is 0 Å². The van der Waals surface area contributed by atoms with Crippen LogP contribution in [0.3, 0.4) is 0 Å². The second-order valence-electron chi connectivity index (χ2n) is 17.6. The number of hydrogen-bond donors (Lipinski definition) is 9.